The van der Waals surface area contributed by atoms with E-state index in [2.05, 4.69) is 306 Å². The number of halogens is 2. The lowest BCUT2D eigenvalue weighted by Crippen LogP contribution is -2.29. The van der Waals surface area contributed by atoms with Gasteiger partial charge in [0.25, 0.3) is 0 Å². The lowest BCUT2D eigenvalue weighted by Gasteiger charge is -2.34. The van der Waals surface area contributed by atoms with E-state index in [-0.39, 0.29) is 0 Å². The Bertz CT molecular complexity index is 6380. The molecule has 0 radical (unpaired) electrons. The third-order valence-corrected chi connectivity index (χ3v) is 39.4. The fraction of sp³-hybridized carbons (Fsp3) is 0.339. The van der Waals surface area contributed by atoms with Crippen LogP contribution in [-0.4, -0.2) is 39.0 Å². The van der Waals surface area contributed by atoms with Gasteiger partial charge in [-0.25, -0.2) is 0 Å². The Morgan fingerprint density at radius 1 is 0.239 bits per heavy atom. The Kier molecular flexibility index (Phi) is 29.3. The van der Waals surface area contributed by atoms with Gasteiger partial charge in [0.2, 0.25) is 0 Å². The molecule has 0 N–H and O–H groups in total. The summed E-state index contributed by atoms with van der Waals surface area (Å²) < 4.78 is 33.2. The molecule has 6 nitrogen and oxygen atoms in total. The Balaban J connectivity index is 0.000000172. The van der Waals surface area contributed by atoms with Crippen LogP contribution in [0.15, 0.2) is 226 Å². The number of carbonyl (C=O) groups is 2. The SMILES string of the molecule is CCCCCCCCOc1ccc(C2(c3ccc(C)cc3)c3cc(Br)sc3-c3sc4c5c(sc4c32)-c2sc(Br)cc2C5(c2ccc(C)cc2)c2ccc(OCCCCCCCC)cc2)cc1.CCCCCCCCOc1ccc(C2(c3ccc(C)cc3)c3cc(C=O)sc3-c3sc4c5c(sc4c32)-c2sc(C=O)cc2C5(c2ccc(C)cc2)c2ccc(OCCCCCCCC)cc2)cc1. The molecule has 16 heteroatoms. The molecule has 0 bridgehead atoms. The van der Waals surface area contributed by atoms with E-state index in [0.717, 1.165) is 124 Å². The lowest BCUT2D eigenvalue weighted by molar-refractivity contribution is 0.111. The monoisotopic (exact) mass is 2040 g/mol. The first-order valence-electron chi connectivity index (χ1n) is 48.9. The summed E-state index contributed by atoms with van der Waals surface area (Å²) in [5, 5.41) is 0. The van der Waals surface area contributed by atoms with Crippen molar-refractivity contribution in [3.63, 3.8) is 0 Å². The van der Waals surface area contributed by atoms with E-state index in [1.54, 1.807) is 22.7 Å². The van der Waals surface area contributed by atoms with Crippen molar-refractivity contribution in [3.05, 3.63) is 347 Å². The number of aldehydes is 2. The van der Waals surface area contributed by atoms with Gasteiger partial charge in [-0.05, 0) is 225 Å². The number of hydrogen-bond donors (Lipinski definition) is 0. The van der Waals surface area contributed by atoms with E-state index >= 15 is 0 Å². The first kappa shape index (κ1) is 94.4. The number of benzene rings is 8. The number of rotatable bonds is 42. The summed E-state index contributed by atoms with van der Waals surface area (Å²) in [7, 11) is 0. The maximum Gasteiger partial charge on any atom is 0.160 e. The molecule has 134 heavy (non-hydrogen) atoms. The molecule has 0 saturated heterocycles. The molecule has 4 atom stereocenters. The largest absolute Gasteiger partial charge is 0.494 e. The van der Waals surface area contributed by atoms with Crippen LogP contribution in [0.4, 0.5) is 0 Å². The van der Waals surface area contributed by atoms with E-state index in [0.29, 0.717) is 13.2 Å². The molecule has 0 aliphatic heterocycles. The van der Waals surface area contributed by atoms with Gasteiger partial charge in [0.05, 0.1) is 123 Å². The predicted octanol–water partition coefficient (Wildman–Crippen LogP) is 37.0. The average molecular weight is 2050 g/mol. The maximum absolute atomic E-state index is 12.8. The quantitative estimate of drug-likeness (QED) is 0.0280. The second kappa shape index (κ2) is 41.6. The van der Waals surface area contributed by atoms with Gasteiger partial charge in [-0.2, -0.15) is 0 Å². The van der Waals surface area contributed by atoms with Gasteiger partial charge in [-0.15, -0.1) is 90.7 Å². The zero-order valence-electron chi connectivity index (χ0n) is 78.2. The van der Waals surface area contributed by atoms with Crippen LogP contribution in [-0.2, 0) is 21.7 Å². The Morgan fingerprint density at radius 3 is 0.649 bits per heavy atom. The third-order valence-electron chi connectivity index (χ3n) is 28.3. The van der Waals surface area contributed by atoms with Crippen LogP contribution in [0.2, 0.25) is 0 Å². The zero-order valence-corrected chi connectivity index (χ0v) is 87.9. The van der Waals surface area contributed by atoms with E-state index in [4.69, 9.17) is 18.9 Å². The summed E-state index contributed by atoms with van der Waals surface area (Å²) in [6.07, 6.45) is 31.7. The highest BCUT2D eigenvalue weighted by Gasteiger charge is 2.58. The molecule has 20 rings (SSSR count). The van der Waals surface area contributed by atoms with Gasteiger partial charge >= 0.3 is 0 Å². The standard InChI is InChI=1S/C60H60O4S4.C58H58Br2O2S4/c1-5-7-9-11-13-15-33-63-45-29-25-43(26-30-45)59(41-21-17-39(3)18-22-41)49-35-47(37-61)65-53(49)55-51(59)57-58(67-55)52-56(68-57)54-50(36-48(38-62)66-54)60(52,42-23-19-40(4)20-24-42)44-27-31-46(32-28-44)64-34-16-14-12-10-8-6-2;1-5-7-9-11-13-15-33-61-43-29-25-41(26-30-43)57(39-21-17-37(3)18-22-39)45-35-47(59)63-51(45)53-49(57)55-56(65-53)50-54(66-55)52-46(36-48(60)64-52)58(50,40-23-19-38(4)20-24-40)42-27-31-44(32-28-42)62-34-16-14-12-10-8-6-2/h17-32,35-38H,5-16,33-34H2,1-4H3;17-32,35-36H,5-16,33-34H2,1-4H3. The second-order valence-electron chi connectivity index (χ2n) is 37.2. The van der Waals surface area contributed by atoms with E-state index < -0.39 is 21.7 Å². The summed E-state index contributed by atoms with van der Waals surface area (Å²) in [6.45, 7) is 20.7. The molecular formula is C118H118Br2O6S8. The molecule has 0 amide bonds. The summed E-state index contributed by atoms with van der Waals surface area (Å²) in [5.41, 5.74) is 22.8. The molecule has 4 aliphatic rings. The van der Waals surface area contributed by atoms with Gasteiger partial charge in [0.1, 0.15) is 23.0 Å². The van der Waals surface area contributed by atoms with Crippen molar-refractivity contribution in [2.24, 2.45) is 0 Å². The summed E-state index contributed by atoms with van der Waals surface area (Å²) in [6, 6.07) is 81.8. The van der Waals surface area contributed by atoms with E-state index in [1.807, 2.05) is 68.0 Å². The van der Waals surface area contributed by atoms with E-state index in [9.17, 15) is 9.59 Å². The van der Waals surface area contributed by atoms with E-state index in [1.165, 1.54) is 265 Å². The minimum Gasteiger partial charge on any atom is -0.494 e. The van der Waals surface area contributed by atoms with Gasteiger partial charge in [0.15, 0.2) is 12.6 Å². The van der Waals surface area contributed by atoms with Crippen molar-refractivity contribution in [1.29, 1.82) is 0 Å². The van der Waals surface area contributed by atoms with Crippen molar-refractivity contribution in [2.45, 2.75) is 231 Å². The maximum atomic E-state index is 12.8. The lowest BCUT2D eigenvalue weighted by atomic mass is 9.67. The number of aryl methyl sites for hydroxylation is 4. The number of unbranched alkanes of at least 4 members (excludes halogenated alkanes) is 20. The summed E-state index contributed by atoms with van der Waals surface area (Å²) in [5.74, 6) is 3.64. The van der Waals surface area contributed by atoms with Crippen LogP contribution in [0.25, 0.3) is 57.8 Å². The van der Waals surface area contributed by atoms with Crippen LogP contribution in [0.1, 0.15) is 312 Å². The molecule has 4 unspecified atom stereocenters. The van der Waals surface area contributed by atoms with Crippen molar-refractivity contribution in [1.82, 2.24) is 0 Å². The van der Waals surface area contributed by atoms with Crippen molar-refractivity contribution < 1.29 is 28.5 Å². The van der Waals surface area contributed by atoms with Crippen LogP contribution < -0.4 is 18.9 Å². The zero-order chi connectivity index (χ0) is 92.2. The van der Waals surface area contributed by atoms with Crippen molar-refractivity contribution in [2.75, 3.05) is 26.4 Å². The second-order valence-corrected chi connectivity index (χ2v) is 48.3. The summed E-state index contributed by atoms with van der Waals surface area (Å²) >= 11 is 22.8. The number of thiophene rings is 8. The van der Waals surface area contributed by atoms with Crippen LogP contribution in [0.5, 0.6) is 23.0 Å². The van der Waals surface area contributed by atoms with Gasteiger partial charge in [-0.1, -0.05) is 324 Å². The topological polar surface area (TPSA) is 71.1 Å². The van der Waals surface area contributed by atoms with Crippen LogP contribution >= 0.6 is 123 Å². The molecule has 0 spiro atoms. The minimum absolute atomic E-state index is 0.518. The number of hydrogen-bond acceptors (Lipinski definition) is 14. The number of carbonyl (C=O) groups excluding carboxylic acids is 2. The smallest absolute Gasteiger partial charge is 0.160 e. The fourth-order valence-electron chi connectivity index (χ4n) is 21.6. The summed E-state index contributed by atoms with van der Waals surface area (Å²) in [4.78, 5) is 37.3. The third kappa shape index (κ3) is 17.2. The highest BCUT2D eigenvalue weighted by Crippen LogP contribution is 2.73. The van der Waals surface area contributed by atoms with Crippen LogP contribution in [0, 0.1) is 27.7 Å². The normalized spacial score (nSPS) is 16.9. The number of ether oxygens (including phenoxy) is 4. The Labute approximate surface area is 840 Å². The van der Waals surface area contributed by atoms with Crippen molar-refractivity contribution >= 4 is 154 Å². The predicted molar refractivity (Wildman–Crippen MR) is 581 cm³/mol. The number of fused-ring (bicyclic) bond motifs is 18. The highest BCUT2D eigenvalue weighted by molar-refractivity contribution is 9.11. The van der Waals surface area contributed by atoms with Crippen LogP contribution in [0.3, 0.4) is 0 Å². The fourth-order valence-corrected chi connectivity index (χ4v) is 33.8. The molecule has 16 aromatic rings. The molecule has 8 aromatic carbocycles. The Morgan fingerprint density at radius 2 is 0.433 bits per heavy atom. The highest BCUT2D eigenvalue weighted by atomic mass is 79.9. The first-order chi connectivity index (χ1) is 65.6. The molecule has 0 saturated carbocycles. The molecule has 8 aromatic heterocycles. The average Bonchev–Trinajstić information content (AvgIpc) is 1.49. The molecule has 8 heterocycles. The molecule has 0 fully saturated rings. The minimum atomic E-state index is -0.696. The molecular weight excluding hydrogens is 1930 g/mol. The van der Waals surface area contributed by atoms with Gasteiger partial charge in [0, 0.05) is 22.3 Å². The molecule has 688 valence electrons. The molecule has 4 aliphatic carbocycles. The van der Waals surface area contributed by atoms with Crippen molar-refractivity contribution in [3.8, 4) is 62.0 Å². The Hall–Kier alpha value is -8.62. The first-order valence-corrected chi connectivity index (χ1v) is 57.0. The van der Waals surface area contributed by atoms with Gasteiger partial charge in [-0.3, -0.25) is 9.59 Å². The van der Waals surface area contributed by atoms with Gasteiger partial charge < -0.3 is 18.9 Å².